The summed E-state index contributed by atoms with van der Waals surface area (Å²) in [5, 5.41) is 10.5. The second-order valence-electron chi connectivity index (χ2n) is 5.37. The Morgan fingerprint density at radius 1 is 1.41 bits per heavy atom. The Labute approximate surface area is 111 Å². The zero-order valence-corrected chi connectivity index (χ0v) is 11.9. The first-order chi connectivity index (χ1) is 8.02. The highest BCUT2D eigenvalue weighted by Gasteiger charge is 2.24. The van der Waals surface area contributed by atoms with Gasteiger partial charge < -0.3 is 10.0 Å². The summed E-state index contributed by atoms with van der Waals surface area (Å²) in [4.78, 5) is 7.41. The number of anilines is 1. The summed E-state index contributed by atoms with van der Waals surface area (Å²) < 4.78 is 0. The average Bonchev–Trinajstić information content (AvgIpc) is 2.54. The number of thiazole rings is 1. The van der Waals surface area contributed by atoms with E-state index >= 15 is 0 Å². The van der Waals surface area contributed by atoms with Gasteiger partial charge in [0.1, 0.15) is 5.15 Å². The van der Waals surface area contributed by atoms with Gasteiger partial charge in [-0.15, -0.1) is 0 Å². The fourth-order valence-electron chi connectivity index (χ4n) is 2.17. The van der Waals surface area contributed by atoms with Gasteiger partial charge in [0, 0.05) is 13.1 Å². The molecule has 96 valence electrons. The van der Waals surface area contributed by atoms with Crippen LogP contribution in [-0.2, 0) is 6.61 Å². The molecule has 1 aliphatic rings. The van der Waals surface area contributed by atoms with E-state index in [1.165, 1.54) is 30.6 Å². The van der Waals surface area contributed by atoms with E-state index in [1.54, 1.807) is 0 Å². The highest BCUT2D eigenvalue weighted by atomic mass is 35.5. The van der Waals surface area contributed by atoms with E-state index in [9.17, 15) is 0 Å². The first-order valence-corrected chi connectivity index (χ1v) is 7.22. The van der Waals surface area contributed by atoms with Crippen molar-refractivity contribution < 1.29 is 5.11 Å². The van der Waals surface area contributed by atoms with E-state index in [-0.39, 0.29) is 6.61 Å². The molecule has 2 heterocycles. The highest BCUT2D eigenvalue weighted by molar-refractivity contribution is 7.16. The third kappa shape index (κ3) is 3.12. The summed E-state index contributed by atoms with van der Waals surface area (Å²) in [6.07, 6.45) is 3.63. The van der Waals surface area contributed by atoms with Crippen molar-refractivity contribution in [3.05, 3.63) is 10.0 Å². The van der Waals surface area contributed by atoms with E-state index in [0.29, 0.717) is 10.6 Å². The van der Waals surface area contributed by atoms with Gasteiger partial charge in [0.05, 0.1) is 11.5 Å². The molecular weight excluding hydrogens is 256 g/mol. The molecule has 2 rings (SSSR count). The molecule has 1 saturated heterocycles. The lowest BCUT2D eigenvalue weighted by atomic mass is 9.85. The van der Waals surface area contributed by atoms with Gasteiger partial charge in [-0.1, -0.05) is 36.8 Å². The number of aliphatic hydroxyl groups excluding tert-OH is 1. The standard InChI is InChI=1S/C12H19ClN2OS/c1-12(2)4-3-6-15(7-5-12)11-14-10(13)9(8-16)17-11/h16H,3-8H2,1-2H3. The van der Waals surface area contributed by atoms with Crippen LogP contribution in [0.5, 0.6) is 0 Å². The van der Waals surface area contributed by atoms with Crippen molar-refractivity contribution >= 4 is 28.1 Å². The molecular formula is C12H19ClN2OS. The predicted molar refractivity (Wildman–Crippen MR) is 72.9 cm³/mol. The van der Waals surface area contributed by atoms with E-state index in [2.05, 4.69) is 23.7 Å². The Bertz CT molecular complexity index is 392. The van der Waals surface area contributed by atoms with Crippen LogP contribution in [0.15, 0.2) is 0 Å². The van der Waals surface area contributed by atoms with Gasteiger partial charge in [-0.25, -0.2) is 4.98 Å². The van der Waals surface area contributed by atoms with Gasteiger partial charge in [-0.05, 0) is 24.7 Å². The molecule has 1 fully saturated rings. The molecule has 0 radical (unpaired) electrons. The normalized spacial score (nSPS) is 20.4. The number of rotatable bonds is 2. The number of halogens is 1. The molecule has 3 nitrogen and oxygen atoms in total. The molecule has 0 aliphatic carbocycles. The van der Waals surface area contributed by atoms with E-state index < -0.39 is 0 Å². The van der Waals surface area contributed by atoms with Crippen LogP contribution in [0.3, 0.4) is 0 Å². The van der Waals surface area contributed by atoms with Crippen LogP contribution in [0.4, 0.5) is 5.13 Å². The fourth-order valence-corrected chi connectivity index (χ4v) is 3.34. The molecule has 1 aromatic rings. The minimum atomic E-state index is -0.0180. The molecule has 0 amide bonds. The maximum absolute atomic E-state index is 9.14. The minimum Gasteiger partial charge on any atom is -0.391 e. The Kier molecular flexibility index (Phi) is 3.95. The Morgan fingerprint density at radius 3 is 2.82 bits per heavy atom. The maximum atomic E-state index is 9.14. The highest BCUT2D eigenvalue weighted by Crippen LogP contribution is 2.35. The molecule has 0 saturated carbocycles. The predicted octanol–water partition coefficient (Wildman–Crippen LogP) is 3.31. The van der Waals surface area contributed by atoms with Gasteiger partial charge in [0.15, 0.2) is 5.13 Å². The first-order valence-electron chi connectivity index (χ1n) is 6.03. The quantitative estimate of drug-likeness (QED) is 0.899. The third-order valence-corrected chi connectivity index (χ3v) is 4.92. The van der Waals surface area contributed by atoms with Crippen molar-refractivity contribution in [2.24, 2.45) is 5.41 Å². The van der Waals surface area contributed by atoms with Crippen LogP contribution in [0.2, 0.25) is 5.15 Å². The zero-order chi connectivity index (χ0) is 12.5. The lowest BCUT2D eigenvalue weighted by Gasteiger charge is -2.22. The topological polar surface area (TPSA) is 36.4 Å². The number of nitrogens with zero attached hydrogens (tertiary/aromatic N) is 2. The molecule has 0 aromatic carbocycles. The lowest BCUT2D eigenvalue weighted by molar-refractivity contribution is 0.285. The van der Waals surface area contributed by atoms with Crippen LogP contribution in [0.1, 0.15) is 38.0 Å². The van der Waals surface area contributed by atoms with Gasteiger partial charge in [0.25, 0.3) is 0 Å². The van der Waals surface area contributed by atoms with Crippen LogP contribution >= 0.6 is 22.9 Å². The summed E-state index contributed by atoms with van der Waals surface area (Å²) in [6.45, 7) is 6.70. The summed E-state index contributed by atoms with van der Waals surface area (Å²) >= 11 is 7.48. The van der Waals surface area contributed by atoms with Crippen LogP contribution in [0, 0.1) is 5.41 Å². The van der Waals surface area contributed by atoms with Crippen molar-refractivity contribution in [3.8, 4) is 0 Å². The van der Waals surface area contributed by atoms with Gasteiger partial charge in [-0.2, -0.15) is 0 Å². The summed E-state index contributed by atoms with van der Waals surface area (Å²) in [5.41, 5.74) is 0.426. The number of aromatic nitrogens is 1. The van der Waals surface area contributed by atoms with Crippen LogP contribution in [0.25, 0.3) is 0 Å². The maximum Gasteiger partial charge on any atom is 0.187 e. The third-order valence-electron chi connectivity index (χ3n) is 3.39. The molecule has 1 N–H and O–H groups in total. The summed E-state index contributed by atoms with van der Waals surface area (Å²) in [5.74, 6) is 0. The van der Waals surface area contributed by atoms with Crippen LogP contribution < -0.4 is 4.90 Å². The van der Waals surface area contributed by atoms with Crippen molar-refractivity contribution in [1.29, 1.82) is 0 Å². The Morgan fingerprint density at radius 2 is 2.18 bits per heavy atom. The van der Waals surface area contributed by atoms with Gasteiger partial charge in [0.2, 0.25) is 0 Å². The molecule has 0 bridgehead atoms. The largest absolute Gasteiger partial charge is 0.391 e. The molecule has 1 aliphatic heterocycles. The number of hydrogen-bond acceptors (Lipinski definition) is 4. The lowest BCUT2D eigenvalue weighted by Crippen LogP contribution is -2.24. The molecule has 17 heavy (non-hydrogen) atoms. The van der Waals surface area contributed by atoms with Crippen molar-refractivity contribution in [1.82, 2.24) is 4.98 Å². The van der Waals surface area contributed by atoms with Crippen molar-refractivity contribution in [2.75, 3.05) is 18.0 Å². The summed E-state index contributed by atoms with van der Waals surface area (Å²) in [6, 6.07) is 0. The number of hydrogen-bond donors (Lipinski definition) is 1. The van der Waals surface area contributed by atoms with Crippen molar-refractivity contribution in [2.45, 2.75) is 39.7 Å². The first kappa shape index (κ1) is 13.1. The molecule has 0 spiro atoms. The molecule has 5 heteroatoms. The Balaban J connectivity index is 2.11. The fraction of sp³-hybridized carbons (Fsp3) is 0.750. The minimum absolute atomic E-state index is 0.0180. The zero-order valence-electron chi connectivity index (χ0n) is 10.4. The van der Waals surface area contributed by atoms with Gasteiger partial charge >= 0.3 is 0 Å². The second-order valence-corrected chi connectivity index (χ2v) is 6.79. The Hall–Kier alpha value is -0.320. The van der Waals surface area contributed by atoms with E-state index in [4.69, 9.17) is 16.7 Å². The van der Waals surface area contributed by atoms with Gasteiger partial charge in [-0.3, -0.25) is 0 Å². The van der Waals surface area contributed by atoms with E-state index in [1.807, 2.05) is 0 Å². The average molecular weight is 275 g/mol. The monoisotopic (exact) mass is 274 g/mol. The van der Waals surface area contributed by atoms with Crippen molar-refractivity contribution in [3.63, 3.8) is 0 Å². The SMILES string of the molecule is CC1(C)CCCN(c2nc(Cl)c(CO)s2)CC1. The molecule has 1 aromatic heterocycles. The van der Waals surface area contributed by atoms with E-state index in [0.717, 1.165) is 23.1 Å². The smallest absolute Gasteiger partial charge is 0.187 e. The van der Waals surface area contributed by atoms with Crippen LogP contribution in [-0.4, -0.2) is 23.2 Å². The molecule has 0 unspecified atom stereocenters. The summed E-state index contributed by atoms with van der Waals surface area (Å²) in [7, 11) is 0. The molecule has 0 atom stereocenters. The number of aliphatic hydroxyl groups is 1. The second kappa shape index (κ2) is 5.12.